The van der Waals surface area contributed by atoms with Crippen molar-refractivity contribution in [3.05, 3.63) is 16.7 Å². The molecule has 2 aromatic heterocycles. The van der Waals surface area contributed by atoms with E-state index in [4.69, 9.17) is 9.26 Å². The number of carbonyl (C=O) groups excluding carboxylic acids is 1. The van der Waals surface area contributed by atoms with Crippen LogP contribution in [-0.4, -0.2) is 57.9 Å². The summed E-state index contributed by atoms with van der Waals surface area (Å²) in [6.45, 7) is 4.12. The fourth-order valence-electron chi connectivity index (χ4n) is 2.74. The molecule has 0 bridgehead atoms. The maximum atomic E-state index is 12.2. The fourth-order valence-corrected chi connectivity index (χ4v) is 3.47. The van der Waals surface area contributed by atoms with Crippen LogP contribution < -0.4 is 5.32 Å². The molecular formula is C14H20N6O3S. The Kier molecular flexibility index (Phi) is 5.48. The zero-order valence-corrected chi connectivity index (χ0v) is 14.5. The number of nitrogens with one attached hydrogen (secondary N) is 1. The van der Waals surface area contributed by atoms with Crippen LogP contribution >= 0.6 is 11.3 Å². The van der Waals surface area contributed by atoms with Crippen LogP contribution in [0.5, 0.6) is 0 Å². The van der Waals surface area contributed by atoms with Gasteiger partial charge in [0, 0.05) is 26.5 Å². The Morgan fingerprint density at radius 2 is 2.38 bits per heavy atom. The predicted molar refractivity (Wildman–Crippen MR) is 86.7 cm³/mol. The third-order valence-corrected chi connectivity index (χ3v) is 4.57. The first kappa shape index (κ1) is 16.9. The van der Waals surface area contributed by atoms with Crippen LogP contribution in [0.25, 0.3) is 0 Å². The van der Waals surface area contributed by atoms with Crippen LogP contribution in [0.1, 0.15) is 35.5 Å². The van der Waals surface area contributed by atoms with Gasteiger partial charge in [0.15, 0.2) is 5.82 Å². The van der Waals surface area contributed by atoms with E-state index < -0.39 is 0 Å². The van der Waals surface area contributed by atoms with Gasteiger partial charge in [0.25, 0.3) is 0 Å². The highest BCUT2D eigenvalue weighted by Crippen LogP contribution is 2.24. The number of piperidine rings is 1. The number of amides is 1. The summed E-state index contributed by atoms with van der Waals surface area (Å²) in [5.41, 5.74) is 0. The van der Waals surface area contributed by atoms with Crippen molar-refractivity contribution in [1.82, 2.24) is 25.2 Å². The van der Waals surface area contributed by atoms with Crippen molar-refractivity contribution in [2.24, 2.45) is 0 Å². The molecule has 2 aromatic rings. The second kappa shape index (κ2) is 7.77. The molecule has 0 radical (unpaired) electrons. The summed E-state index contributed by atoms with van der Waals surface area (Å²) >= 11 is 1.32. The van der Waals surface area contributed by atoms with Gasteiger partial charge in [0.1, 0.15) is 11.6 Å². The topological polar surface area (TPSA) is 106 Å². The number of anilines is 1. The van der Waals surface area contributed by atoms with E-state index in [2.05, 4.69) is 30.6 Å². The Hall–Kier alpha value is -1.91. The van der Waals surface area contributed by atoms with E-state index in [-0.39, 0.29) is 11.8 Å². The smallest absolute Gasteiger partial charge is 0.240 e. The lowest BCUT2D eigenvalue weighted by Gasteiger charge is -2.30. The molecule has 1 atom stereocenters. The SMILES string of the molecule is COCc1nnc(NC(=O)CN2CCC[C@@H](c3noc(C)n3)C2)s1. The van der Waals surface area contributed by atoms with Crippen molar-refractivity contribution in [3.8, 4) is 0 Å². The third kappa shape index (κ3) is 4.34. The van der Waals surface area contributed by atoms with Gasteiger partial charge in [-0.15, -0.1) is 10.2 Å². The number of aryl methyl sites for hydroxylation is 1. The van der Waals surface area contributed by atoms with E-state index in [9.17, 15) is 4.79 Å². The minimum absolute atomic E-state index is 0.0972. The number of carbonyl (C=O) groups is 1. The molecule has 24 heavy (non-hydrogen) atoms. The van der Waals surface area contributed by atoms with Gasteiger partial charge >= 0.3 is 0 Å². The van der Waals surface area contributed by atoms with Gasteiger partial charge < -0.3 is 9.26 Å². The van der Waals surface area contributed by atoms with Crippen LogP contribution in [0.15, 0.2) is 4.52 Å². The van der Waals surface area contributed by atoms with Crippen LogP contribution in [0.3, 0.4) is 0 Å². The molecule has 0 aliphatic carbocycles. The fraction of sp³-hybridized carbons (Fsp3) is 0.643. The Labute approximate surface area is 143 Å². The Bertz CT molecular complexity index is 688. The van der Waals surface area contributed by atoms with Gasteiger partial charge in [-0.25, -0.2) is 0 Å². The number of likely N-dealkylation sites (tertiary alicyclic amines) is 1. The van der Waals surface area contributed by atoms with Gasteiger partial charge in [-0.05, 0) is 19.4 Å². The first-order valence-electron chi connectivity index (χ1n) is 7.77. The molecule has 1 amide bonds. The zero-order valence-electron chi connectivity index (χ0n) is 13.7. The molecule has 1 aliphatic rings. The maximum absolute atomic E-state index is 12.2. The maximum Gasteiger partial charge on any atom is 0.240 e. The number of aromatic nitrogens is 4. The van der Waals surface area contributed by atoms with Crippen molar-refractivity contribution >= 4 is 22.4 Å². The van der Waals surface area contributed by atoms with Gasteiger partial charge in [-0.3, -0.25) is 15.0 Å². The summed E-state index contributed by atoms with van der Waals surface area (Å²) in [5.74, 6) is 1.41. The number of hydrogen-bond donors (Lipinski definition) is 1. The lowest BCUT2D eigenvalue weighted by Crippen LogP contribution is -2.40. The average Bonchev–Trinajstić information content (AvgIpc) is 3.17. The summed E-state index contributed by atoms with van der Waals surface area (Å²) in [5, 5.41) is 15.9. The van der Waals surface area contributed by atoms with Crippen LogP contribution in [0.4, 0.5) is 5.13 Å². The van der Waals surface area contributed by atoms with Crippen molar-refractivity contribution < 1.29 is 14.1 Å². The molecule has 1 fully saturated rings. The summed E-state index contributed by atoms with van der Waals surface area (Å²) in [6.07, 6.45) is 2.01. The molecule has 0 saturated carbocycles. The quantitative estimate of drug-likeness (QED) is 0.826. The molecule has 10 heteroatoms. The van der Waals surface area contributed by atoms with E-state index >= 15 is 0 Å². The second-order valence-electron chi connectivity index (χ2n) is 5.73. The highest BCUT2D eigenvalue weighted by molar-refractivity contribution is 7.15. The van der Waals surface area contributed by atoms with Crippen molar-refractivity contribution in [2.45, 2.75) is 32.3 Å². The van der Waals surface area contributed by atoms with E-state index in [0.717, 1.165) is 36.8 Å². The molecule has 0 unspecified atom stereocenters. The summed E-state index contributed by atoms with van der Waals surface area (Å²) in [4.78, 5) is 18.6. The van der Waals surface area contributed by atoms with Gasteiger partial charge in [0.05, 0.1) is 6.54 Å². The molecule has 0 spiro atoms. The van der Waals surface area contributed by atoms with Gasteiger partial charge in [-0.1, -0.05) is 16.5 Å². The van der Waals surface area contributed by atoms with E-state index in [1.807, 2.05) is 0 Å². The molecule has 3 heterocycles. The number of methoxy groups -OCH3 is 1. The molecular weight excluding hydrogens is 332 g/mol. The largest absolute Gasteiger partial charge is 0.377 e. The van der Waals surface area contributed by atoms with Gasteiger partial charge in [-0.2, -0.15) is 4.98 Å². The van der Waals surface area contributed by atoms with Crippen molar-refractivity contribution in [1.29, 1.82) is 0 Å². The van der Waals surface area contributed by atoms with E-state index in [0.29, 0.717) is 24.2 Å². The number of nitrogens with zero attached hydrogens (tertiary/aromatic N) is 5. The summed E-state index contributed by atoms with van der Waals surface area (Å²) < 4.78 is 10.0. The zero-order chi connectivity index (χ0) is 16.9. The second-order valence-corrected chi connectivity index (χ2v) is 6.79. The number of hydrogen-bond acceptors (Lipinski definition) is 9. The standard InChI is InChI=1S/C14H20N6O3S/c1-9-15-13(19-23-9)10-4-3-5-20(6-10)7-11(21)16-14-18-17-12(24-14)8-22-2/h10H,3-8H2,1-2H3,(H,16,18,21)/t10-/m1/s1. The minimum Gasteiger partial charge on any atom is -0.377 e. The Balaban J connectivity index is 1.51. The van der Waals surface area contributed by atoms with Crippen molar-refractivity contribution in [3.63, 3.8) is 0 Å². The first-order chi connectivity index (χ1) is 11.6. The first-order valence-corrected chi connectivity index (χ1v) is 8.59. The van der Waals surface area contributed by atoms with Crippen LogP contribution in [-0.2, 0) is 16.1 Å². The normalized spacial score (nSPS) is 18.7. The monoisotopic (exact) mass is 352 g/mol. The van der Waals surface area contributed by atoms with Crippen LogP contribution in [0, 0.1) is 6.92 Å². The highest BCUT2D eigenvalue weighted by Gasteiger charge is 2.26. The average molecular weight is 352 g/mol. The summed E-state index contributed by atoms with van der Waals surface area (Å²) in [6, 6.07) is 0. The molecule has 9 nitrogen and oxygen atoms in total. The van der Waals surface area contributed by atoms with Crippen LogP contribution in [0.2, 0.25) is 0 Å². The highest BCUT2D eigenvalue weighted by atomic mass is 32.1. The lowest BCUT2D eigenvalue weighted by atomic mass is 9.97. The van der Waals surface area contributed by atoms with Gasteiger partial charge in [0.2, 0.25) is 16.9 Å². The summed E-state index contributed by atoms with van der Waals surface area (Å²) in [7, 11) is 1.59. The molecule has 1 aliphatic heterocycles. The number of ether oxygens (including phenoxy) is 1. The molecule has 0 aromatic carbocycles. The molecule has 1 N–H and O–H groups in total. The molecule has 130 valence electrons. The Morgan fingerprint density at radius 1 is 1.50 bits per heavy atom. The van der Waals surface area contributed by atoms with E-state index in [1.54, 1.807) is 14.0 Å². The van der Waals surface area contributed by atoms with E-state index in [1.165, 1.54) is 11.3 Å². The number of rotatable bonds is 6. The molecule has 3 rings (SSSR count). The lowest BCUT2D eigenvalue weighted by molar-refractivity contribution is -0.117. The predicted octanol–water partition coefficient (Wildman–Crippen LogP) is 1.19. The third-order valence-electron chi connectivity index (χ3n) is 3.76. The van der Waals surface area contributed by atoms with Crippen molar-refractivity contribution in [2.75, 3.05) is 32.1 Å². The Morgan fingerprint density at radius 3 is 3.12 bits per heavy atom. The minimum atomic E-state index is -0.0972. The molecule has 1 saturated heterocycles.